The van der Waals surface area contributed by atoms with Crippen LogP contribution >= 0.6 is 0 Å². The normalized spacial score (nSPS) is 19.7. The van der Waals surface area contributed by atoms with E-state index in [0.29, 0.717) is 29.0 Å². The molecule has 0 saturated heterocycles. The molecule has 1 aliphatic carbocycles. The van der Waals surface area contributed by atoms with Crippen LogP contribution < -0.4 is 0 Å². The smallest absolute Gasteiger partial charge is 0.166 e. The molecule has 1 aliphatic rings. The maximum atomic E-state index is 14.4. The van der Waals surface area contributed by atoms with Crippen LogP contribution in [-0.4, -0.2) is 0 Å². The van der Waals surface area contributed by atoms with Crippen molar-refractivity contribution in [3.8, 4) is 11.1 Å². The summed E-state index contributed by atoms with van der Waals surface area (Å²) in [6.45, 7) is 4.20. The van der Waals surface area contributed by atoms with Crippen molar-refractivity contribution in [3.63, 3.8) is 0 Å². The third-order valence-corrected chi connectivity index (χ3v) is 5.46. The number of halogens is 2. The highest BCUT2D eigenvalue weighted by Crippen LogP contribution is 2.28. The van der Waals surface area contributed by atoms with Crippen LogP contribution in [0.5, 0.6) is 0 Å². The second kappa shape index (κ2) is 9.12. The maximum Gasteiger partial charge on any atom is 0.166 e. The Labute approximate surface area is 161 Å². The van der Waals surface area contributed by atoms with Crippen LogP contribution in [0, 0.1) is 23.5 Å². The summed E-state index contributed by atoms with van der Waals surface area (Å²) in [5.74, 6) is -0.243. The summed E-state index contributed by atoms with van der Waals surface area (Å²) in [4.78, 5) is 0. The molecule has 0 saturated carbocycles. The average Bonchev–Trinajstić information content (AvgIpc) is 2.71. The number of rotatable bonds is 6. The Bertz CT molecular complexity index is 815. The van der Waals surface area contributed by atoms with Crippen molar-refractivity contribution in [1.29, 1.82) is 0 Å². The van der Waals surface area contributed by atoms with Crippen molar-refractivity contribution < 1.29 is 8.78 Å². The third-order valence-electron chi connectivity index (χ3n) is 5.46. The van der Waals surface area contributed by atoms with Crippen molar-refractivity contribution in [3.05, 3.63) is 77.4 Å². The summed E-state index contributed by atoms with van der Waals surface area (Å²) >= 11 is 0. The second-order valence-electron chi connectivity index (χ2n) is 7.43. The molecule has 2 aromatic rings. The van der Waals surface area contributed by atoms with E-state index in [4.69, 9.17) is 0 Å². The Morgan fingerprint density at radius 2 is 1.70 bits per heavy atom. The van der Waals surface area contributed by atoms with Gasteiger partial charge in [-0.1, -0.05) is 81.0 Å². The first-order chi connectivity index (χ1) is 13.1. The fourth-order valence-electron chi connectivity index (χ4n) is 3.68. The summed E-state index contributed by atoms with van der Waals surface area (Å²) in [5.41, 5.74) is 2.55. The van der Waals surface area contributed by atoms with E-state index in [1.54, 1.807) is 12.1 Å². The molecule has 0 aliphatic heterocycles. The van der Waals surface area contributed by atoms with Crippen molar-refractivity contribution in [1.82, 2.24) is 0 Å². The van der Waals surface area contributed by atoms with Gasteiger partial charge in [-0.25, -0.2) is 8.78 Å². The first-order valence-electron chi connectivity index (χ1n) is 10.1. The molecule has 0 heterocycles. The molecule has 0 fully saturated rings. The second-order valence-corrected chi connectivity index (χ2v) is 7.43. The number of allylic oxidation sites excluding steroid dienone is 3. The van der Waals surface area contributed by atoms with Crippen LogP contribution in [-0.2, 0) is 6.42 Å². The van der Waals surface area contributed by atoms with E-state index in [1.807, 2.05) is 31.2 Å². The van der Waals surface area contributed by atoms with E-state index in [0.717, 1.165) is 17.9 Å². The highest BCUT2D eigenvalue weighted by atomic mass is 19.2. The van der Waals surface area contributed by atoms with E-state index in [9.17, 15) is 8.78 Å². The van der Waals surface area contributed by atoms with Crippen LogP contribution in [0.25, 0.3) is 17.2 Å². The topological polar surface area (TPSA) is 0 Å². The predicted molar refractivity (Wildman–Crippen MR) is 110 cm³/mol. The molecule has 0 aromatic heterocycles. The Balaban J connectivity index is 1.72. The maximum absolute atomic E-state index is 14.4. The van der Waals surface area contributed by atoms with Gasteiger partial charge in [-0.2, -0.15) is 0 Å². The van der Waals surface area contributed by atoms with Gasteiger partial charge in [-0.15, -0.1) is 0 Å². The van der Waals surface area contributed by atoms with Gasteiger partial charge in [0.25, 0.3) is 0 Å². The predicted octanol–water partition coefficient (Wildman–Crippen LogP) is 7.59. The average molecular weight is 366 g/mol. The van der Waals surface area contributed by atoms with Crippen molar-refractivity contribution in [2.45, 2.75) is 46.0 Å². The summed E-state index contributed by atoms with van der Waals surface area (Å²) in [6, 6.07) is 11.0. The molecule has 0 radical (unpaired) electrons. The molecule has 2 heteroatoms. The molecule has 2 unspecified atom stereocenters. The summed E-state index contributed by atoms with van der Waals surface area (Å²) in [6.07, 6.45) is 14.0. The molecule has 0 spiro atoms. The molecule has 2 atom stereocenters. The van der Waals surface area contributed by atoms with Gasteiger partial charge in [0.1, 0.15) is 0 Å². The zero-order chi connectivity index (χ0) is 19.2. The molecule has 0 nitrogen and oxygen atoms in total. The Kier molecular flexibility index (Phi) is 6.60. The summed E-state index contributed by atoms with van der Waals surface area (Å²) in [5, 5.41) is 0. The van der Waals surface area contributed by atoms with Gasteiger partial charge in [0, 0.05) is 5.56 Å². The largest absolute Gasteiger partial charge is 0.203 e. The lowest BCUT2D eigenvalue weighted by molar-refractivity contribution is 0.488. The minimum Gasteiger partial charge on any atom is -0.203 e. The van der Waals surface area contributed by atoms with Gasteiger partial charge in [0.15, 0.2) is 11.6 Å². The van der Waals surface area contributed by atoms with E-state index in [2.05, 4.69) is 31.2 Å². The van der Waals surface area contributed by atoms with Gasteiger partial charge in [-0.3, -0.25) is 0 Å². The first kappa shape index (κ1) is 19.5. The monoisotopic (exact) mass is 366 g/mol. The zero-order valence-corrected chi connectivity index (χ0v) is 16.2. The number of benzene rings is 2. The first-order valence-corrected chi connectivity index (χ1v) is 10.1. The molecular weight excluding hydrogens is 338 g/mol. The van der Waals surface area contributed by atoms with E-state index < -0.39 is 11.6 Å². The Hall–Kier alpha value is -2.22. The molecular formula is C25H28F2. The van der Waals surface area contributed by atoms with Crippen molar-refractivity contribution in [2.24, 2.45) is 11.8 Å². The number of hydrogen-bond donors (Lipinski definition) is 0. The molecule has 2 aromatic carbocycles. The number of aryl methyl sites for hydroxylation is 1. The fourth-order valence-corrected chi connectivity index (χ4v) is 3.68. The van der Waals surface area contributed by atoms with E-state index in [-0.39, 0.29) is 0 Å². The highest BCUT2D eigenvalue weighted by Gasteiger charge is 2.14. The minimum absolute atomic E-state index is 0.323. The minimum atomic E-state index is -0.748. The van der Waals surface area contributed by atoms with Gasteiger partial charge >= 0.3 is 0 Å². The van der Waals surface area contributed by atoms with Gasteiger partial charge in [0.2, 0.25) is 0 Å². The van der Waals surface area contributed by atoms with Crippen molar-refractivity contribution >= 4 is 6.08 Å². The van der Waals surface area contributed by atoms with Crippen LogP contribution in [0.2, 0.25) is 0 Å². The Morgan fingerprint density at radius 1 is 0.926 bits per heavy atom. The van der Waals surface area contributed by atoms with E-state index in [1.165, 1.54) is 19.3 Å². The fraction of sp³-hybridized carbons (Fsp3) is 0.360. The summed E-state index contributed by atoms with van der Waals surface area (Å²) < 4.78 is 28.6. The standard InChI is InChI=1S/C25H28F2/c1-3-5-22-16-17-23(25(27)24(22)26)21-14-12-20(13-15-21)11-10-19-8-6-18(4-2)7-9-19/h6,8,10-19H,3-5,7,9H2,1-2H3. The van der Waals surface area contributed by atoms with Gasteiger partial charge in [-0.05, 0) is 54.2 Å². The molecule has 0 amide bonds. The third kappa shape index (κ3) is 4.74. The zero-order valence-electron chi connectivity index (χ0n) is 16.2. The molecule has 0 N–H and O–H groups in total. The lowest BCUT2D eigenvalue weighted by atomic mass is 9.87. The quantitative estimate of drug-likeness (QED) is 0.462. The molecule has 0 bridgehead atoms. The Morgan fingerprint density at radius 3 is 2.33 bits per heavy atom. The lowest BCUT2D eigenvalue weighted by Gasteiger charge is -2.19. The van der Waals surface area contributed by atoms with E-state index >= 15 is 0 Å². The van der Waals surface area contributed by atoms with Crippen LogP contribution in [0.3, 0.4) is 0 Å². The van der Waals surface area contributed by atoms with Crippen molar-refractivity contribution in [2.75, 3.05) is 0 Å². The SMILES string of the molecule is CCCc1ccc(-c2ccc(C=CC3C=CC(CC)CC3)cc2)c(F)c1F. The molecule has 142 valence electrons. The highest BCUT2D eigenvalue weighted by molar-refractivity contribution is 5.67. The van der Waals surface area contributed by atoms with Crippen LogP contribution in [0.15, 0.2) is 54.6 Å². The molecule has 3 rings (SSSR count). The van der Waals surface area contributed by atoms with Gasteiger partial charge < -0.3 is 0 Å². The lowest BCUT2D eigenvalue weighted by Crippen LogP contribution is -2.05. The van der Waals surface area contributed by atoms with Crippen LogP contribution in [0.1, 0.15) is 50.7 Å². The van der Waals surface area contributed by atoms with Crippen LogP contribution in [0.4, 0.5) is 8.78 Å². The molecule has 27 heavy (non-hydrogen) atoms. The summed E-state index contributed by atoms with van der Waals surface area (Å²) in [7, 11) is 0. The number of hydrogen-bond acceptors (Lipinski definition) is 0. The van der Waals surface area contributed by atoms with Gasteiger partial charge in [0.05, 0.1) is 0 Å².